The quantitative estimate of drug-likeness (QED) is 0.798. The molecule has 4 rings (SSSR count). The normalized spacial score (nSPS) is 16.2. The van der Waals surface area contributed by atoms with Gasteiger partial charge in [0.05, 0.1) is 7.11 Å². The number of hydrogen-bond donors (Lipinski definition) is 1. The van der Waals surface area contributed by atoms with Gasteiger partial charge in [-0.25, -0.2) is 0 Å². The fraction of sp³-hybridized carbons (Fsp3) is 0.125. The van der Waals surface area contributed by atoms with E-state index in [0.717, 1.165) is 22.6 Å². The number of anilines is 1. The van der Waals surface area contributed by atoms with Crippen molar-refractivity contribution < 1.29 is 4.74 Å². The molecule has 0 saturated carbocycles. The zero-order chi connectivity index (χ0) is 15.6. The third-order valence-corrected chi connectivity index (χ3v) is 3.76. The zero-order valence-electron chi connectivity index (χ0n) is 12.4. The predicted molar refractivity (Wildman–Crippen MR) is 84.8 cm³/mol. The number of ether oxygens (including phenoxy) is 1. The van der Waals surface area contributed by atoms with E-state index in [1.807, 2.05) is 42.6 Å². The monoisotopic (exact) mass is 306 g/mol. The van der Waals surface area contributed by atoms with Gasteiger partial charge in [0.25, 0.3) is 0 Å². The average molecular weight is 306 g/mol. The molecule has 0 amide bonds. The Labute approximate surface area is 132 Å². The van der Waals surface area contributed by atoms with Gasteiger partial charge in [0.15, 0.2) is 0 Å². The molecule has 0 radical (unpaired) electrons. The topological polar surface area (TPSA) is 77.8 Å². The number of tetrazole rings is 1. The summed E-state index contributed by atoms with van der Waals surface area (Å²) >= 11 is 0. The molecule has 3 aromatic rings. The van der Waals surface area contributed by atoms with E-state index in [0.29, 0.717) is 5.95 Å². The molecule has 7 nitrogen and oxygen atoms in total. The van der Waals surface area contributed by atoms with Crippen molar-refractivity contribution in [1.29, 1.82) is 0 Å². The number of hydrogen-bond acceptors (Lipinski definition) is 6. The van der Waals surface area contributed by atoms with Gasteiger partial charge in [0, 0.05) is 23.7 Å². The van der Waals surface area contributed by atoms with Gasteiger partial charge in [-0.3, -0.25) is 4.98 Å². The summed E-state index contributed by atoms with van der Waals surface area (Å²) < 4.78 is 6.97. The highest BCUT2D eigenvalue weighted by Gasteiger charge is 2.24. The van der Waals surface area contributed by atoms with Crippen molar-refractivity contribution in [3.05, 3.63) is 66.0 Å². The van der Waals surface area contributed by atoms with Gasteiger partial charge in [-0.05, 0) is 46.3 Å². The summed E-state index contributed by atoms with van der Waals surface area (Å²) in [7, 11) is 1.65. The molecule has 1 aliphatic rings. The lowest BCUT2D eigenvalue weighted by molar-refractivity contribution is 0.414. The van der Waals surface area contributed by atoms with E-state index in [-0.39, 0.29) is 6.04 Å². The summed E-state index contributed by atoms with van der Waals surface area (Å²) in [5.74, 6) is 1.42. The van der Waals surface area contributed by atoms with E-state index in [9.17, 15) is 0 Å². The fourth-order valence-corrected chi connectivity index (χ4v) is 2.58. The molecular formula is C16H14N6O. The molecule has 23 heavy (non-hydrogen) atoms. The minimum atomic E-state index is -0.0950. The first kappa shape index (κ1) is 13.4. The molecule has 0 bridgehead atoms. The van der Waals surface area contributed by atoms with Crippen LogP contribution in [0.15, 0.2) is 54.9 Å². The molecule has 1 atom stereocenters. The summed E-state index contributed by atoms with van der Waals surface area (Å²) in [6, 6.07) is 11.7. The molecule has 0 saturated heterocycles. The number of nitrogens with one attached hydrogen (secondary N) is 1. The zero-order valence-corrected chi connectivity index (χ0v) is 12.4. The Bertz CT molecular complexity index is 841. The third kappa shape index (κ3) is 2.42. The van der Waals surface area contributed by atoms with E-state index >= 15 is 0 Å². The van der Waals surface area contributed by atoms with Gasteiger partial charge in [0.2, 0.25) is 5.95 Å². The number of methoxy groups -OCH3 is 1. The Kier molecular flexibility index (Phi) is 3.23. The van der Waals surface area contributed by atoms with E-state index in [2.05, 4.69) is 31.9 Å². The third-order valence-electron chi connectivity index (χ3n) is 3.76. The van der Waals surface area contributed by atoms with Crippen LogP contribution in [0.5, 0.6) is 5.75 Å². The smallest absolute Gasteiger partial charge is 0.248 e. The van der Waals surface area contributed by atoms with Crippen molar-refractivity contribution in [2.24, 2.45) is 0 Å². The lowest BCUT2D eigenvalue weighted by atomic mass is 10.0. The molecule has 0 spiro atoms. The van der Waals surface area contributed by atoms with Crippen LogP contribution in [0, 0.1) is 0 Å². The van der Waals surface area contributed by atoms with Gasteiger partial charge in [0.1, 0.15) is 11.8 Å². The maximum absolute atomic E-state index is 5.22. The molecule has 2 aromatic heterocycles. The molecule has 1 aliphatic heterocycles. The summed E-state index contributed by atoms with van der Waals surface area (Å²) in [4.78, 5) is 4.17. The molecule has 0 fully saturated rings. The van der Waals surface area contributed by atoms with Crippen LogP contribution in [0.25, 0.3) is 5.70 Å². The van der Waals surface area contributed by atoms with Crippen molar-refractivity contribution in [3.8, 4) is 5.75 Å². The number of pyridine rings is 1. The van der Waals surface area contributed by atoms with Crippen LogP contribution in [0.3, 0.4) is 0 Å². The lowest BCUT2D eigenvalue weighted by Gasteiger charge is -2.23. The van der Waals surface area contributed by atoms with Crippen LogP contribution in [0.1, 0.15) is 17.2 Å². The standard InChI is InChI=1S/C16H14N6O/c1-23-13-6-4-11(5-7-13)15-9-14(12-3-2-8-17-10-12)18-16-19-20-21-22(15)16/h2-10,15H,1H3,(H,18,19,21)/t15-/m0/s1. The van der Waals surface area contributed by atoms with E-state index < -0.39 is 0 Å². The van der Waals surface area contributed by atoms with Gasteiger partial charge in [-0.2, -0.15) is 4.68 Å². The van der Waals surface area contributed by atoms with Crippen LogP contribution >= 0.6 is 0 Å². The number of fused-ring (bicyclic) bond motifs is 1. The maximum Gasteiger partial charge on any atom is 0.248 e. The van der Waals surface area contributed by atoms with Crippen LogP contribution < -0.4 is 10.1 Å². The lowest BCUT2D eigenvalue weighted by Crippen LogP contribution is -2.20. The first-order chi connectivity index (χ1) is 11.3. The van der Waals surface area contributed by atoms with Crippen LogP contribution in [0.4, 0.5) is 5.95 Å². The number of benzene rings is 1. The van der Waals surface area contributed by atoms with Gasteiger partial charge in [-0.1, -0.05) is 17.2 Å². The second kappa shape index (κ2) is 5.53. The molecule has 1 N–H and O–H groups in total. The SMILES string of the molecule is COc1ccc([C@@H]2C=C(c3cccnc3)Nc3nnnn32)cc1. The summed E-state index contributed by atoms with van der Waals surface area (Å²) in [6.07, 6.45) is 5.64. The molecule has 0 unspecified atom stereocenters. The van der Waals surface area contributed by atoms with Gasteiger partial charge >= 0.3 is 0 Å². The minimum absolute atomic E-state index is 0.0950. The largest absolute Gasteiger partial charge is 0.497 e. The Hall–Kier alpha value is -3.22. The first-order valence-corrected chi connectivity index (χ1v) is 7.16. The number of rotatable bonds is 3. The van der Waals surface area contributed by atoms with Crippen molar-refractivity contribution in [2.45, 2.75) is 6.04 Å². The van der Waals surface area contributed by atoms with Crippen molar-refractivity contribution >= 4 is 11.6 Å². The van der Waals surface area contributed by atoms with E-state index in [1.165, 1.54) is 0 Å². The second-order valence-electron chi connectivity index (χ2n) is 5.11. The van der Waals surface area contributed by atoms with Crippen molar-refractivity contribution in [1.82, 2.24) is 25.2 Å². The van der Waals surface area contributed by atoms with Crippen LogP contribution in [-0.4, -0.2) is 32.3 Å². The molecule has 7 heteroatoms. The first-order valence-electron chi connectivity index (χ1n) is 7.16. The Morgan fingerprint density at radius 1 is 1.17 bits per heavy atom. The Morgan fingerprint density at radius 2 is 2.04 bits per heavy atom. The van der Waals surface area contributed by atoms with Crippen molar-refractivity contribution in [2.75, 3.05) is 12.4 Å². The average Bonchev–Trinajstić information content (AvgIpc) is 3.10. The molecule has 1 aromatic carbocycles. The summed E-state index contributed by atoms with van der Waals surface area (Å²) in [6.45, 7) is 0. The number of nitrogens with zero attached hydrogens (tertiary/aromatic N) is 5. The van der Waals surface area contributed by atoms with Crippen LogP contribution in [-0.2, 0) is 0 Å². The number of aromatic nitrogens is 5. The Balaban J connectivity index is 1.78. The molecule has 3 heterocycles. The second-order valence-corrected chi connectivity index (χ2v) is 5.11. The highest BCUT2D eigenvalue weighted by Crippen LogP contribution is 2.31. The highest BCUT2D eigenvalue weighted by atomic mass is 16.5. The summed E-state index contributed by atoms with van der Waals surface area (Å²) in [5, 5.41) is 15.1. The van der Waals surface area contributed by atoms with E-state index in [4.69, 9.17) is 4.74 Å². The fourth-order valence-electron chi connectivity index (χ4n) is 2.58. The molecule has 114 valence electrons. The van der Waals surface area contributed by atoms with Gasteiger partial charge < -0.3 is 10.1 Å². The molecular weight excluding hydrogens is 292 g/mol. The van der Waals surface area contributed by atoms with Crippen molar-refractivity contribution in [3.63, 3.8) is 0 Å². The van der Waals surface area contributed by atoms with Crippen LogP contribution in [0.2, 0.25) is 0 Å². The predicted octanol–water partition coefficient (Wildman–Crippen LogP) is 2.13. The van der Waals surface area contributed by atoms with Gasteiger partial charge in [-0.15, -0.1) is 0 Å². The van der Waals surface area contributed by atoms with E-state index in [1.54, 1.807) is 18.0 Å². The highest BCUT2D eigenvalue weighted by molar-refractivity contribution is 5.76. The summed E-state index contributed by atoms with van der Waals surface area (Å²) in [5.41, 5.74) is 2.99. The number of allylic oxidation sites excluding steroid dienone is 1. The maximum atomic E-state index is 5.22. The molecule has 0 aliphatic carbocycles. The minimum Gasteiger partial charge on any atom is -0.497 e. The Morgan fingerprint density at radius 3 is 2.78 bits per heavy atom.